The maximum atomic E-state index is 12.1. The molecule has 2 aliphatic heterocycles. The molecule has 1 atom stereocenters. The van der Waals surface area contributed by atoms with E-state index in [0.29, 0.717) is 12.5 Å². The van der Waals surface area contributed by atoms with Gasteiger partial charge in [-0.15, -0.1) is 12.4 Å². The quantitative estimate of drug-likeness (QED) is 0.822. The van der Waals surface area contributed by atoms with Crippen LogP contribution < -0.4 is 5.32 Å². The van der Waals surface area contributed by atoms with Crippen LogP contribution in [0.1, 0.15) is 19.3 Å². The summed E-state index contributed by atoms with van der Waals surface area (Å²) in [6, 6.07) is 0. The van der Waals surface area contributed by atoms with Crippen molar-refractivity contribution >= 4 is 18.3 Å². The Balaban J connectivity index is 0.00000144. The van der Waals surface area contributed by atoms with E-state index in [4.69, 9.17) is 4.74 Å². The smallest absolute Gasteiger partial charge is 0.228 e. The van der Waals surface area contributed by atoms with E-state index in [1.807, 2.05) is 11.9 Å². The summed E-state index contributed by atoms with van der Waals surface area (Å²) >= 11 is 0. The van der Waals surface area contributed by atoms with Crippen LogP contribution in [0.15, 0.2) is 0 Å². The molecule has 1 amide bonds. The predicted molar refractivity (Wildman–Crippen MR) is 69.4 cm³/mol. The molecule has 0 aliphatic carbocycles. The molecule has 2 fully saturated rings. The standard InChI is InChI=1S/C12H22N2O2.ClH/c1-13-8-10-2-5-14(6-3-10)12(15)11-4-7-16-9-11;/h10-11,13H,2-9H2,1H3;1H. The van der Waals surface area contributed by atoms with Crippen molar-refractivity contribution in [3.05, 3.63) is 0 Å². The molecule has 0 aromatic rings. The molecule has 17 heavy (non-hydrogen) atoms. The lowest BCUT2D eigenvalue weighted by molar-refractivity contribution is -0.136. The topological polar surface area (TPSA) is 41.6 Å². The van der Waals surface area contributed by atoms with Crippen molar-refractivity contribution in [1.29, 1.82) is 0 Å². The lowest BCUT2D eigenvalue weighted by Gasteiger charge is -2.33. The third-order valence-corrected chi connectivity index (χ3v) is 3.70. The molecular weight excluding hydrogens is 240 g/mol. The number of likely N-dealkylation sites (tertiary alicyclic amines) is 1. The van der Waals surface area contributed by atoms with E-state index >= 15 is 0 Å². The summed E-state index contributed by atoms with van der Waals surface area (Å²) in [6.07, 6.45) is 3.19. The molecule has 4 nitrogen and oxygen atoms in total. The van der Waals surface area contributed by atoms with Gasteiger partial charge in [-0.3, -0.25) is 4.79 Å². The van der Waals surface area contributed by atoms with Crippen molar-refractivity contribution in [2.75, 3.05) is 39.9 Å². The molecule has 1 N–H and O–H groups in total. The summed E-state index contributed by atoms with van der Waals surface area (Å²) in [4.78, 5) is 14.1. The van der Waals surface area contributed by atoms with Crippen LogP contribution in [0, 0.1) is 11.8 Å². The zero-order valence-electron chi connectivity index (χ0n) is 10.5. The molecule has 5 heteroatoms. The molecule has 0 saturated carbocycles. The minimum atomic E-state index is 0. The summed E-state index contributed by atoms with van der Waals surface area (Å²) in [5, 5.41) is 3.21. The number of rotatable bonds is 3. The van der Waals surface area contributed by atoms with Crippen LogP contribution in [0.5, 0.6) is 0 Å². The van der Waals surface area contributed by atoms with Crippen molar-refractivity contribution in [2.45, 2.75) is 19.3 Å². The molecule has 0 spiro atoms. The van der Waals surface area contributed by atoms with Crippen LogP contribution in [0.4, 0.5) is 0 Å². The molecule has 0 radical (unpaired) electrons. The van der Waals surface area contributed by atoms with Crippen LogP contribution in [0.3, 0.4) is 0 Å². The number of piperidine rings is 1. The highest BCUT2D eigenvalue weighted by atomic mass is 35.5. The third-order valence-electron chi connectivity index (χ3n) is 3.70. The Morgan fingerprint density at radius 3 is 2.59 bits per heavy atom. The first-order valence-electron chi connectivity index (χ1n) is 6.32. The number of ether oxygens (including phenoxy) is 1. The first kappa shape index (κ1) is 14.7. The van der Waals surface area contributed by atoms with Crippen molar-refractivity contribution in [1.82, 2.24) is 10.2 Å². The Hall–Kier alpha value is -0.320. The molecule has 0 aromatic carbocycles. The van der Waals surface area contributed by atoms with Crippen LogP contribution in [0.2, 0.25) is 0 Å². The van der Waals surface area contributed by atoms with Crippen LogP contribution in [-0.4, -0.2) is 50.7 Å². The fraction of sp³-hybridized carbons (Fsp3) is 0.917. The molecular formula is C12H23ClN2O2. The van der Waals surface area contributed by atoms with Gasteiger partial charge in [-0.05, 0) is 38.8 Å². The fourth-order valence-corrected chi connectivity index (χ4v) is 2.63. The van der Waals surface area contributed by atoms with Crippen molar-refractivity contribution in [3.63, 3.8) is 0 Å². The minimum Gasteiger partial charge on any atom is -0.381 e. The highest BCUT2D eigenvalue weighted by molar-refractivity contribution is 5.85. The van der Waals surface area contributed by atoms with E-state index in [9.17, 15) is 4.79 Å². The summed E-state index contributed by atoms with van der Waals surface area (Å²) in [5.41, 5.74) is 0. The van der Waals surface area contributed by atoms with E-state index < -0.39 is 0 Å². The lowest BCUT2D eigenvalue weighted by atomic mass is 9.95. The first-order valence-corrected chi connectivity index (χ1v) is 6.32. The van der Waals surface area contributed by atoms with Crippen molar-refractivity contribution < 1.29 is 9.53 Å². The second kappa shape index (κ2) is 7.19. The van der Waals surface area contributed by atoms with Crippen LogP contribution in [0.25, 0.3) is 0 Å². The Kier molecular flexibility index (Phi) is 6.23. The summed E-state index contributed by atoms with van der Waals surface area (Å²) < 4.78 is 5.27. The molecule has 2 heterocycles. The lowest BCUT2D eigenvalue weighted by Crippen LogP contribution is -2.43. The Bertz CT molecular complexity index is 237. The van der Waals surface area contributed by atoms with Gasteiger partial charge in [0.25, 0.3) is 0 Å². The fourth-order valence-electron chi connectivity index (χ4n) is 2.63. The normalized spacial score (nSPS) is 25.7. The molecule has 2 rings (SSSR count). The van der Waals surface area contributed by atoms with Gasteiger partial charge in [-0.1, -0.05) is 0 Å². The number of carbonyl (C=O) groups excluding carboxylic acids is 1. The summed E-state index contributed by atoms with van der Waals surface area (Å²) in [5.74, 6) is 1.20. The number of amides is 1. The van der Waals surface area contributed by atoms with Gasteiger partial charge < -0.3 is 15.0 Å². The number of carbonyl (C=O) groups is 1. The van der Waals surface area contributed by atoms with Crippen LogP contribution in [-0.2, 0) is 9.53 Å². The van der Waals surface area contributed by atoms with Gasteiger partial charge in [0.05, 0.1) is 12.5 Å². The third kappa shape index (κ3) is 3.83. The Morgan fingerprint density at radius 1 is 1.35 bits per heavy atom. The van der Waals surface area contributed by atoms with Gasteiger partial charge in [-0.25, -0.2) is 0 Å². The van der Waals surface area contributed by atoms with Gasteiger partial charge >= 0.3 is 0 Å². The summed E-state index contributed by atoms with van der Waals surface area (Å²) in [7, 11) is 1.99. The first-order chi connectivity index (χ1) is 7.81. The number of nitrogens with zero attached hydrogens (tertiary/aromatic N) is 1. The molecule has 2 saturated heterocycles. The Labute approximate surface area is 109 Å². The van der Waals surface area contributed by atoms with Gasteiger partial charge in [0.15, 0.2) is 0 Å². The van der Waals surface area contributed by atoms with E-state index in [0.717, 1.165) is 51.4 Å². The monoisotopic (exact) mass is 262 g/mol. The molecule has 2 aliphatic rings. The number of nitrogens with one attached hydrogen (secondary N) is 1. The molecule has 0 bridgehead atoms. The molecule has 100 valence electrons. The zero-order valence-corrected chi connectivity index (χ0v) is 11.3. The van der Waals surface area contributed by atoms with E-state index in [-0.39, 0.29) is 18.3 Å². The highest BCUT2D eigenvalue weighted by Gasteiger charge is 2.30. The zero-order chi connectivity index (χ0) is 11.4. The summed E-state index contributed by atoms with van der Waals surface area (Å²) in [6.45, 7) is 4.33. The second-order valence-corrected chi connectivity index (χ2v) is 4.89. The van der Waals surface area contributed by atoms with Gasteiger partial charge in [-0.2, -0.15) is 0 Å². The molecule has 0 aromatic heterocycles. The average Bonchev–Trinajstić information content (AvgIpc) is 2.83. The van der Waals surface area contributed by atoms with Gasteiger partial charge in [0, 0.05) is 19.7 Å². The predicted octanol–water partition coefficient (Wildman–Crippen LogP) is 0.903. The Morgan fingerprint density at radius 2 is 2.06 bits per heavy atom. The van der Waals surface area contributed by atoms with Crippen LogP contribution >= 0.6 is 12.4 Å². The van der Waals surface area contributed by atoms with Crippen molar-refractivity contribution in [3.8, 4) is 0 Å². The average molecular weight is 263 g/mol. The van der Waals surface area contributed by atoms with E-state index in [2.05, 4.69) is 5.32 Å². The van der Waals surface area contributed by atoms with Gasteiger partial charge in [0.2, 0.25) is 5.91 Å². The van der Waals surface area contributed by atoms with Crippen molar-refractivity contribution in [2.24, 2.45) is 11.8 Å². The highest BCUT2D eigenvalue weighted by Crippen LogP contribution is 2.21. The van der Waals surface area contributed by atoms with E-state index in [1.165, 1.54) is 0 Å². The number of hydrogen-bond acceptors (Lipinski definition) is 3. The number of hydrogen-bond donors (Lipinski definition) is 1. The van der Waals surface area contributed by atoms with Gasteiger partial charge in [0.1, 0.15) is 0 Å². The second-order valence-electron chi connectivity index (χ2n) is 4.89. The van der Waals surface area contributed by atoms with E-state index in [1.54, 1.807) is 0 Å². The maximum Gasteiger partial charge on any atom is 0.228 e. The number of halogens is 1. The largest absolute Gasteiger partial charge is 0.381 e. The SMILES string of the molecule is CNCC1CCN(C(=O)C2CCOC2)CC1.Cl. The molecule has 1 unspecified atom stereocenters. The maximum absolute atomic E-state index is 12.1. The minimum absolute atomic E-state index is 0.